The van der Waals surface area contributed by atoms with Crippen LogP contribution in [-0.2, 0) is 4.79 Å². The molecule has 1 saturated heterocycles. The second kappa shape index (κ2) is 9.82. The van der Waals surface area contributed by atoms with E-state index in [1.54, 1.807) is 6.20 Å². The molecule has 10 nitrogen and oxygen atoms in total. The largest absolute Gasteiger partial charge is 0.431 e. The molecule has 6 rings (SSSR count). The standard InChI is InChI=1S/C27H25N7O3/c1-17-16-36-15-14-34(17)24-20(11-7-13-28-24)26-32-33-27(37-26)31-23-25(35)29-21-12-6-5-10-19(21)22(30-23)18-8-3-2-4-9-18/h2-13,17,23H,14-16H2,1H3,(H,29,35)(H,31,33)/p+1/t17-,23?/m0/s1. The molecule has 0 saturated carbocycles. The van der Waals surface area contributed by atoms with Crippen LogP contribution in [0.5, 0.6) is 0 Å². The Labute approximate surface area is 213 Å². The number of nitrogens with one attached hydrogen (secondary N) is 2. The van der Waals surface area contributed by atoms with Crippen molar-refractivity contribution in [2.24, 2.45) is 4.99 Å². The molecule has 186 valence electrons. The van der Waals surface area contributed by atoms with E-state index >= 15 is 0 Å². The summed E-state index contributed by atoms with van der Waals surface area (Å²) in [5.41, 5.74) is 3.83. The number of ether oxygens (including phenoxy) is 1. The molecule has 0 spiro atoms. The number of nitrogens with zero attached hydrogens (tertiary/aromatic N) is 5. The summed E-state index contributed by atoms with van der Waals surface area (Å²) in [7, 11) is 0. The van der Waals surface area contributed by atoms with Crippen LogP contribution in [0.15, 0.2) is 82.3 Å². The van der Waals surface area contributed by atoms with Gasteiger partial charge in [0.05, 0.1) is 29.5 Å². The molecule has 2 aromatic heterocycles. The van der Waals surface area contributed by atoms with Crippen LogP contribution in [0.3, 0.4) is 0 Å². The number of anilines is 3. The molecule has 0 aliphatic carbocycles. The van der Waals surface area contributed by atoms with Crippen LogP contribution in [0.2, 0.25) is 0 Å². The predicted molar refractivity (Wildman–Crippen MR) is 141 cm³/mol. The van der Waals surface area contributed by atoms with E-state index in [1.807, 2.05) is 66.7 Å². The molecule has 2 aromatic carbocycles. The maximum Gasteiger partial charge on any atom is 0.317 e. The molecule has 4 heterocycles. The minimum Gasteiger partial charge on any atom is -0.431 e. The van der Waals surface area contributed by atoms with E-state index in [0.29, 0.717) is 17.3 Å². The molecule has 1 amide bonds. The van der Waals surface area contributed by atoms with Gasteiger partial charge in [0, 0.05) is 17.3 Å². The lowest BCUT2D eigenvalue weighted by Crippen LogP contribution is -2.45. The minimum absolute atomic E-state index is 0.0914. The number of rotatable bonds is 5. The molecule has 2 aliphatic rings. The highest BCUT2D eigenvalue weighted by Gasteiger charge is 2.29. The first-order valence-corrected chi connectivity index (χ1v) is 12.2. The fourth-order valence-corrected chi connectivity index (χ4v) is 4.57. The number of pyridine rings is 1. The molecule has 2 atom stereocenters. The van der Waals surface area contributed by atoms with Crippen molar-refractivity contribution in [1.82, 2.24) is 15.2 Å². The van der Waals surface area contributed by atoms with Crippen molar-refractivity contribution in [2.45, 2.75) is 19.1 Å². The molecule has 1 unspecified atom stereocenters. The zero-order chi connectivity index (χ0) is 25.2. The average molecular weight is 497 g/mol. The molecule has 0 radical (unpaired) electrons. The number of amides is 1. The highest BCUT2D eigenvalue weighted by atomic mass is 16.5. The summed E-state index contributed by atoms with van der Waals surface area (Å²) >= 11 is 0. The lowest BCUT2D eigenvalue weighted by molar-refractivity contribution is -0.116. The van der Waals surface area contributed by atoms with Crippen molar-refractivity contribution >= 4 is 29.1 Å². The topological polar surface area (TPSA) is 121 Å². The molecular formula is C27H26N7O3+. The first-order valence-electron chi connectivity index (χ1n) is 12.2. The van der Waals surface area contributed by atoms with Crippen LogP contribution in [0, 0.1) is 0 Å². The summed E-state index contributed by atoms with van der Waals surface area (Å²) in [4.78, 5) is 24.7. The molecule has 4 aromatic rings. The number of aliphatic hydroxyl groups is 2. The number of hydrogen-bond donors (Lipinski definition) is 2. The molecule has 0 bridgehead atoms. The Morgan fingerprint density at radius 1 is 1.03 bits per heavy atom. The minimum atomic E-state index is -0.979. The molecule has 10 heteroatoms. The van der Waals surface area contributed by atoms with E-state index in [1.165, 1.54) is 0 Å². The van der Waals surface area contributed by atoms with Gasteiger partial charge in [0.1, 0.15) is 5.82 Å². The van der Waals surface area contributed by atoms with Gasteiger partial charge in [-0.25, -0.2) is 9.98 Å². The van der Waals surface area contributed by atoms with Gasteiger partial charge in [-0.1, -0.05) is 53.6 Å². The third-order valence-corrected chi connectivity index (χ3v) is 6.39. The Bertz CT molecular complexity index is 1450. The lowest BCUT2D eigenvalue weighted by Gasteiger charge is -2.32. The third-order valence-electron chi connectivity index (χ3n) is 6.39. The molecule has 1 fully saturated rings. The Morgan fingerprint density at radius 2 is 1.84 bits per heavy atom. The van der Waals surface area contributed by atoms with Gasteiger partial charge in [-0.3, -0.25) is 4.79 Å². The van der Waals surface area contributed by atoms with Crippen LogP contribution in [0.25, 0.3) is 11.5 Å². The van der Waals surface area contributed by atoms with Gasteiger partial charge < -0.3 is 24.7 Å². The Kier molecular flexibility index (Phi) is 6.07. The van der Waals surface area contributed by atoms with Crippen molar-refractivity contribution in [3.63, 3.8) is 0 Å². The Balaban J connectivity index is 1.32. The molecule has 2 aliphatic heterocycles. The van der Waals surface area contributed by atoms with Gasteiger partial charge >= 0.3 is 6.01 Å². The van der Waals surface area contributed by atoms with E-state index < -0.39 is 6.17 Å². The number of hydrogen-bond acceptors (Lipinski definition) is 8. The summed E-state index contributed by atoms with van der Waals surface area (Å²) in [6.07, 6.45) is 0.771. The highest BCUT2D eigenvalue weighted by molar-refractivity contribution is 6.19. The first kappa shape index (κ1) is 22.9. The van der Waals surface area contributed by atoms with Crippen molar-refractivity contribution in [3.05, 3.63) is 84.1 Å². The van der Waals surface area contributed by atoms with Crippen molar-refractivity contribution in [3.8, 4) is 11.5 Å². The van der Waals surface area contributed by atoms with Crippen molar-refractivity contribution in [2.75, 3.05) is 35.3 Å². The van der Waals surface area contributed by atoms with Crippen LogP contribution in [0.4, 0.5) is 17.5 Å². The van der Waals surface area contributed by atoms with E-state index in [4.69, 9.17) is 9.41 Å². The number of aliphatic imine (C=N–C) groups is 1. The highest BCUT2D eigenvalue weighted by Crippen LogP contribution is 2.31. The summed E-state index contributed by atoms with van der Waals surface area (Å²) in [5.74, 6) is 0.753. The van der Waals surface area contributed by atoms with E-state index in [2.05, 4.69) is 42.4 Å². The number of para-hydroxylation sites is 1. The zero-order valence-electron chi connectivity index (χ0n) is 20.2. The fourth-order valence-electron chi connectivity index (χ4n) is 4.57. The van der Waals surface area contributed by atoms with Crippen LogP contribution in [-0.4, -0.2) is 63.5 Å². The van der Waals surface area contributed by atoms with E-state index in [-0.39, 0.29) is 18.0 Å². The van der Waals surface area contributed by atoms with Crippen molar-refractivity contribution in [1.29, 1.82) is 0 Å². The second-order valence-electron chi connectivity index (χ2n) is 8.88. The maximum absolute atomic E-state index is 13.1. The predicted octanol–water partition coefficient (Wildman–Crippen LogP) is 3.10. The van der Waals surface area contributed by atoms with Gasteiger partial charge in [-0.15, -0.1) is 5.10 Å². The normalized spacial score (nSPS) is 19.4. The smallest absolute Gasteiger partial charge is 0.317 e. The third kappa shape index (κ3) is 4.54. The quantitative estimate of drug-likeness (QED) is 0.407. The van der Waals surface area contributed by atoms with Gasteiger partial charge in [-0.2, -0.15) is 0 Å². The number of morpholine rings is 1. The van der Waals surface area contributed by atoms with Gasteiger partial charge in [0.2, 0.25) is 6.17 Å². The van der Waals surface area contributed by atoms with Gasteiger partial charge in [-0.05, 0) is 25.1 Å². The van der Waals surface area contributed by atoms with Crippen LogP contribution < -0.4 is 15.5 Å². The summed E-state index contributed by atoms with van der Waals surface area (Å²) in [6.45, 7) is 4.38. The zero-order valence-corrected chi connectivity index (χ0v) is 20.2. The first-order chi connectivity index (χ1) is 18.2. The summed E-state index contributed by atoms with van der Waals surface area (Å²) in [6, 6.07) is 21.4. The number of benzodiazepines with no additional fused rings is 1. The molecule has 3 N–H and O–H groups in total. The Morgan fingerprint density at radius 3 is 2.70 bits per heavy atom. The van der Waals surface area contributed by atoms with Crippen molar-refractivity contribution < 1.29 is 13.9 Å². The van der Waals surface area contributed by atoms with Gasteiger partial charge in [0.25, 0.3) is 11.8 Å². The number of benzene rings is 2. The summed E-state index contributed by atoms with van der Waals surface area (Å²) in [5, 5.41) is 14.4. The van der Waals surface area contributed by atoms with E-state index in [0.717, 1.165) is 42.3 Å². The van der Waals surface area contributed by atoms with Crippen LogP contribution >= 0.6 is 0 Å². The maximum atomic E-state index is 13.1. The number of fused-ring (bicyclic) bond motifs is 1. The van der Waals surface area contributed by atoms with Crippen LogP contribution in [0.1, 0.15) is 18.1 Å². The van der Waals surface area contributed by atoms with Gasteiger partial charge in [0.15, 0.2) is 13.2 Å². The fraction of sp³-hybridized carbons (Fsp3) is 0.222. The van der Waals surface area contributed by atoms with E-state index in [9.17, 15) is 4.79 Å². The number of aromatic nitrogens is 3. The number of carbonyl (C=O) groups excluding carboxylic acids is 1. The lowest BCUT2D eigenvalue weighted by atomic mass is 10.0. The SMILES string of the molecule is C[C@H]1C[OH+]CCN1c1ncccc1-c1nnc(NC2N=C(c3ccccc3)c3ccccc3NC2=O)o1. The number of carbonyl (C=O) groups is 1. The molecule has 37 heavy (non-hydrogen) atoms. The molecular weight excluding hydrogens is 470 g/mol. The summed E-state index contributed by atoms with van der Waals surface area (Å²) < 4.78 is 10.5. The Hall–Kier alpha value is -4.57. The second-order valence-corrected chi connectivity index (χ2v) is 8.88. The average Bonchev–Trinajstić information content (AvgIpc) is 3.35. The monoisotopic (exact) mass is 496 g/mol.